The Labute approximate surface area is 99.2 Å². The van der Waals surface area contributed by atoms with Crippen LogP contribution in [0.3, 0.4) is 0 Å². The largest absolute Gasteiger partial charge is 0.388 e. The van der Waals surface area contributed by atoms with E-state index in [1.54, 1.807) is 0 Å². The van der Waals surface area contributed by atoms with Crippen LogP contribution in [0.5, 0.6) is 0 Å². The Hall–Kier alpha value is -1.00. The maximum absolute atomic E-state index is 13.7. The van der Waals surface area contributed by atoms with E-state index in [0.717, 1.165) is 0 Å². The maximum Gasteiger partial charge on any atom is 0.164 e. The first-order valence-electron chi connectivity index (χ1n) is 5.75. The fraction of sp³-hybridized carbons (Fsp3) is 0.538. The van der Waals surface area contributed by atoms with Crippen molar-refractivity contribution >= 4 is 0 Å². The molecule has 2 rings (SSSR count). The number of hydrogen-bond donors (Lipinski definition) is 1. The molecular formula is C13H16F2O2. The van der Waals surface area contributed by atoms with Crippen LogP contribution in [-0.4, -0.2) is 17.8 Å². The summed E-state index contributed by atoms with van der Waals surface area (Å²) in [6.07, 6.45) is -0.279. The van der Waals surface area contributed by atoms with Crippen molar-refractivity contribution in [3.8, 4) is 0 Å². The predicted molar refractivity (Wildman–Crippen MR) is 59.6 cm³/mol. The van der Waals surface area contributed by atoms with E-state index in [0.29, 0.717) is 13.0 Å². The van der Waals surface area contributed by atoms with Crippen molar-refractivity contribution in [3.63, 3.8) is 0 Å². The molecule has 0 bridgehead atoms. The lowest BCUT2D eigenvalue weighted by atomic mass is 9.92. The lowest BCUT2D eigenvalue weighted by Crippen LogP contribution is -2.15. The minimum Gasteiger partial charge on any atom is -0.388 e. The third-order valence-electron chi connectivity index (χ3n) is 3.30. The fourth-order valence-corrected chi connectivity index (χ4v) is 2.21. The molecule has 3 atom stereocenters. The van der Waals surface area contributed by atoms with Crippen LogP contribution in [0, 0.1) is 24.5 Å². The van der Waals surface area contributed by atoms with Gasteiger partial charge < -0.3 is 9.84 Å². The molecule has 1 N–H and O–H groups in total. The van der Waals surface area contributed by atoms with Crippen LogP contribution in [-0.2, 0) is 4.74 Å². The van der Waals surface area contributed by atoms with Gasteiger partial charge in [-0.1, -0.05) is 12.1 Å². The highest BCUT2D eigenvalue weighted by molar-refractivity contribution is 5.27. The van der Waals surface area contributed by atoms with Crippen molar-refractivity contribution in [1.29, 1.82) is 0 Å². The Balaban J connectivity index is 2.25. The number of halogens is 2. The topological polar surface area (TPSA) is 29.5 Å². The van der Waals surface area contributed by atoms with E-state index < -0.39 is 17.7 Å². The summed E-state index contributed by atoms with van der Waals surface area (Å²) >= 11 is 0. The summed E-state index contributed by atoms with van der Waals surface area (Å²) in [5.74, 6) is -1.99. The molecule has 3 unspecified atom stereocenters. The average molecular weight is 242 g/mol. The molecular weight excluding hydrogens is 226 g/mol. The molecule has 1 aliphatic heterocycles. The summed E-state index contributed by atoms with van der Waals surface area (Å²) in [6.45, 7) is 3.78. The molecule has 0 aliphatic carbocycles. The van der Waals surface area contributed by atoms with Gasteiger partial charge in [-0.25, -0.2) is 8.78 Å². The second kappa shape index (κ2) is 4.70. The molecule has 1 aromatic rings. The van der Waals surface area contributed by atoms with E-state index in [1.165, 1.54) is 19.1 Å². The van der Waals surface area contributed by atoms with Crippen molar-refractivity contribution in [3.05, 3.63) is 34.9 Å². The average Bonchev–Trinajstić information content (AvgIpc) is 2.72. The Morgan fingerprint density at radius 3 is 2.65 bits per heavy atom. The third-order valence-corrected chi connectivity index (χ3v) is 3.30. The summed E-state index contributed by atoms with van der Waals surface area (Å²) in [4.78, 5) is 0. The van der Waals surface area contributed by atoms with Crippen molar-refractivity contribution in [1.82, 2.24) is 0 Å². The number of hydrogen-bond acceptors (Lipinski definition) is 2. The zero-order valence-electron chi connectivity index (χ0n) is 9.91. The minimum absolute atomic E-state index is 0.0239. The van der Waals surface area contributed by atoms with Crippen LogP contribution in [0.1, 0.15) is 30.6 Å². The van der Waals surface area contributed by atoms with Crippen LogP contribution < -0.4 is 0 Å². The smallest absolute Gasteiger partial charge is 0.164 e. The van der Waals surface area contributed by atoms with E-state index in [4.69, 9.17) is 4.74 Å². The van der Waals surface area contributed by atoms with Gasteiger partial charge in [-0.3, -0.25) is 0 Å². The van der Waals surface area contributed by atoms with Gasteiger partial charge in [0.15, 0.2) is 11.6 Å². The molecule has 0 spiro atoms. The Bertz CT molecular complexity index is 420. The van der Waals surface area contributed by atoms with Gasteiger partial charge in [-0.2, -0.15) is 0 Å². The Kier molecular flexibility index (Phi) is 3.45. The zero-order valence-corrected chi connectivity index (χ0v) is 9.91. The van der Waals surface area contributed by atoms with Crippen LogP contribution >= 0.6 is 0 Å². The molecule has 1 saturated heterocycles. The lowest BCUT2D eigenvalue weighted by Gasteiger charge is -2.18. The number of ether oxygens (including phenoxy) is 1. The van der Waals surface area contributed by atoms with Crippen LogP contribution in [0.2, 0.25) is 0 Å². The summed E-state index contributed by atoms with van der Waals surface area (Å²) in [5.41, 5.74) is 0.269. The molecule has 0 radical (unpaired) electrons. The van der Waals surface area contributed by atoms with Gasteiger partial charge >= 0.3 is 0 Å². The van der Waals surface area contributed by atoms with Gasteiger partial charge in [0, 0.05) is 11.5 Å². The summed E-state index contributed by atoms with van der Waals surface area (Å²) in [5, 5.41) is 10.0. The number of rotatable bonds is 2. The first-order chi connectivity index (χ1) is 8.00. The highest BCUT2D eigenvalue weighted by Crippen LogP contribution is 2.33. The van der Waals surface area contributed by atoms with Gasteiger partial charge in [0.05, 0.1) is 18.8 Å². The quantitative estimate of drug-likeness (QED) is 0.864. The number of aryl methyl sites for hydroxylation is 1. The number of aliphatic hydroxyl groups is 1. The summed E-state index contributed by atoms with van der Waals surface area (Å²) in [7, 11) is 0. The van der Waals surface area contributed by atoms with Crippen LogP contribution in [0.15, 0.2) is 12.1 Å². The van der Waals surface area contributed by atoms with E-state index >= 15 is 0 Å². The second-order valence-electron chi connectivity index (χ2n) is 4.68. The molecule has 1 aromatic carbocycles. The van der Waals surface area contributed by atoms with E-state index in [-0.39, 0.29) is 23.1 Å². The molecule has 2 nitrogen and oxygen atoms in total. The van der Waals surface area contributed by atoms with Gasteiger partial charge in [-0.15, -0.1) is 0 Å². The van der Waals surface area contributed by atoms with E-state index in [9.17, 15) is 13.9 Å². The summed E-state index contributed by atoms with van der Waals surface area (Å²) < 4.78 is 32.4. The first-order valence-corrected chi connectivity index (χ1v) is 5.75. The molecule has 94 valence electrons. The first kappa shape index (κ1) is 12.5. The minimum atomic E-state index is -1.00. The van der Waals surface area contributed by atoms with Gasteiger partial charge in [-0.05, 0) is 25.8 Å². The maximum atomic E-state index is 13.7. The van der Waals surface area contributed by atoms with Crippen LogP contribution in [0.4, 0.5) is 8.78 Å². The molecule has 1 fully saturated rings. The normalized spacial score (nSPS) is 26.2. The highest BCUT2D eigenvalue weighted by Gasteiger charge is 2.31. The molecule has 0 saturated carbocycles. The van der Waals surface area contributed by atoms with Gasteiger partial charge in [0.2, 0.25) is 0 Å². The van der Waals surface area contributed by atoms with Gasteiger partial charge in [0.1, 0.15) is 0 Å². The second-order valence-corrected chi connectivity index (χ2v) is 4.68. The zero-order chi connectivity index (χ0) is 12.6. The van der Waals surface area contributed by atoms with Crippen molar-refractivity contribution < 1.29 is 18.6 Å². The monoisotopic (exact) mass is 242 g/mol. The van der Waals surface area contributed by atoms with Crippen molar-refractivity contribution in [2.45, 2.75) is 32.5 Å². The summed E-state index contributed by atoms with van der Waals surface area (Å²) in [6, 6.07) is 2.93. The Morgan fingerprint density at radius 1 is 1.35 bits per heavy atom. The molecule has 0 aromatic heterocycles. The van der Waals surface area contributed by atoms with Crippen LogP contribution in [0.25, 0.3) is 0 Å². The van der Waals surface area contributed by atoms with E-state index in [2.05, 4.69) is 0 Å². The third kappa shape index (κ3) is 2.33. The van der Waals surface area contributed by atoms with Crippen molar-refractivity contribution in [2.24, 2.45) is 5.92 Å². The standard InChI is InChI=1S/C13H16F2O2/c1-7-3-4-10(12(15)11(7)14)13(16)9-5-8(2)17-6-9/h3-4,8-9,13,16H,5-6H2,1-2H3. The fourth-order valence-electron chi connectivity index (χ4n) is 2.21. The molecule has 17 heavy (non-hydrogen) atoms. The molecule has 0 amide bonds. The van der Waals surface area contributed by atoms with Crippen molar-refractivity contribution in [2.75, 3.05) is 6.61 Å². The molecule has 1 heterocycles. The molecule has 1 aliphatic rings. The lowest BCUT2D eigenvalue weighted by molar-refractivity contribution is 0.0780. The number of benzene rings is 1. The molecule has 4 heteroatoms. The Morgan fingerprint density at radius 2 is 2.06 bits per heavy atom. The van der Waals surface area contributed by atoms with E-state index in [1.807, 2.05) is 6.92 Å². The highest BCUT2D eigenvalue weighted by atomic mass is 19.2. The number of aliphatic hydroxyl groups excluding tert-OH is 1. The van der Waals surface area contributed by atoms with Gasteiger partial charge in [0.25, 0.3) is 0 Å². The SMILES string of the molecule is Cc1ccc(C(O)C2COC(C)C2)c(F)c1F. The predicted octanol–water partition coefficient (Wildman–Crippen LogP) is 2.73.